The van der Waals surface area contributed by atoms with E-state index in [0.29, 0.717) is 10.9 Å². The smallest absolute Gasteiger partial charge is 0.251 e. The van der Waals surface area contributed by atoms with Gasteiger partial charge in [-0.2, -0.15) is 39.5 Å². The van der Waals surface area contributed by atoms with Crippen molar-refractivity contribution < 1.29 is 64.8 Å². The lowest BCUT2D eigenvalue weighted by atomic mass is 10.2. The van der Waals surface area contributed by atoms with Crippen LogP contribution in [0.25, 0.3) is 6.08 Å². The maximum Gasteiger partial charge on any atom is 0.470 e. The predicted molar refractivity (Wildman–Crippen MR) is 108 cm³/mol. The molecule has 0 aliphatic carbocycles. The highest BCUT2D eigenvalue weighted by atomic mass is 32.3. The van der Waals surface area contributed by atoms with E-state index in [4.69, 9.17) is 0 Å². The van der Waals surface area contributed by atoms with E-state index >= 15 is 0 Å². The number of sulfone groups is 3. The molecule has 0 saturated carbocycles. The fourth-order valence-corrected chi connectivity index (χ4v) is 7.87. The zero-order valence-corrected chi connectivity index (χ0v) is 20.0. The second-order valence-corrected chi connectivity index (χ2v) is 14.8. The predicted octanol–water partition coefficient (Wildman–Crippen LogP) is 3.81. The molecule has 6 nitrogen and oxygen atoms in total. The van der Waals surface area contributed by atoms with Crippen LogP contribution in [0, 0.1) is 3.91 Å². The molecule has 0 unspecified atom stereocenters. The van der Waals surface area contributed by atoms with Crippen LogP contribution < -0.4 is 0 Å². The molecule has 0 amide bonds. The number of rotatable bonds is 6. The Morgan fingerprint density at radius 1 is 0.706 bits per heavy atom. The minimum absolute atomic E-state index is 0.524. The number of hydrogen-bond acceptors (Lipinski definition) is 6. The zero-order chi connectivity index (χ0) is 27.4. The van der Waals surface area contributed by atoms with Gasteiger partial charge in [-0.05, 0) is 22.5 Å². The highest BCUT2D eigenvalue weighted by Gasteiger charge is 2.63. The second-order valence-electron chi connectivity index (χ2n) is 6.06. The van der Waals surface area contributed by atoms with E-state index in [1.807, 2.05) is 6.07 Å². The van der Waals surface area contributed by atoms with E-state index in [2.05, 4.69) is 48.9 Å². The van der Waals surface area contributed by atoms with Gasteiger partial charge in [0.05, 0.1) is 16.4 Å². The molecular weight excluding hydrogens is 575 g/mol. The van der Waals surface area contributed by atoms with E-state index in [0.717, 1.165) is 0 Å². The van der Waals surface area contributed by atoms with Gasteiger partial charge >= 0.3 is 16.5 Å². The SMILES string of the molecule is C[S+](C)CC=Cc1ccccc1.O=S(=O)([C-](S(=O)(=O)C(F)(F)F)S(=O)(=O)C(F)(F)F)C(F)(F)F. The zero-order valence-electron chi connectivity index (χ0n) is 16.7. The molecule has 0 N–H and O–H groups in total. The lowest BCUT2D eigenvalue weighted by Gasteiger charge is -2.31. The van der Waals surface area contributed by atoms with Gasteiger partial charge in [0.25, 0.3) is 0 Å². The Morgan fingerprint density at radius 2 is 1.03 bits per heavy atom. The van der Waals surface area contributed by atoms with Crippen LogP contribution in [0.3, 0.4) is 0 Å². The van der Waals surface area contributed by atoms with Crippen molar-refractivity contribution in [2.24, 2.45) is 0 Å². The maximum atomic E-state index is 12.0. The van der Waals surface area contributed by atoms with Crippen LogP contribution in [0.2, 0.25) is 0 Å². The molecule has 0 aliphatic rings. The minimum atomic E-state index is -8.02. The topological polar surface area (TPSA) is 102 Å². The molecule has 0 spiro atoms. The van der Waals surface area contributed by atoms with Gasteiger partial charge in [-0.15, -0.1) is 0 Å². The van der Waals surface area contributed by atoms with Gasteiger partial charge in [-0.25, -0.2) is 0 Å². The van der Waals surface area contributed by atoms with Crippen molar-refractivity contribution >= 4 is 46.5 Å². The summed E-state index contributed by atoms with van der Waals surface area (Å²) in [4.78, 5) is 0. The normalized spacial score (nSPS) is 14.4. The maximum absolute atomic E-state index is 12.0. The van der Waals surface area contributed by atoms with Gasteiger partial charge < -0.3 is 0 Å². The van der Waals surface area contributed by atoms with E-state index in [1.54, 1.807) is 0 Å². The van der Waals surface area contributed by atoms with E-state index in [1.165, 1.54) is 11.3 Å². The number of benzene rings is 1. The number of hydrogen-bond donors (Lipinski definition) is 0. The molecule has 1 aromatic carbocycles. The molecule has 34 heavy (non-hydrogen) atoms. The second kappa shape index (κ2) is 11.1. The molecule has 19 heteroatoms. The van der Waals surface area contributed by atoms with Gasteiger partial charge in [0.15, 0.2) is 29.5 Å². The first-order chi connectivity index (χ1) is 14.9. The highest BCUT2D eigenvalue weighted by Crippen LogP contribution is 2.47. The lowest BCUT2D eigenvalue weighted by molar-refractivity contribution is -0.0471. The molecule has 0 heterocycles. The molecule has 0 aliphatic heterocycles. The standard InChI is InChI=1S/C11H15S.C4F9O6S3/c1-12(2)10-6-9-11-7-4-3-5-8-11;5-2(6,7)20(14,15)1(21(16,17)3(8,9)10)22(18,19)4(11,12)13/h3-9H,10H2,1-2H3;/q+1;-1. The summed E-state index contributed by atoms with van der Waals surface area (Å²) >= 11 is 0. The van der Waals surface area contributed by atoms with Crippen molar-refractivity contribution in [3.05, 3.63) is 45.9 Å². The summed E-state index contributed by atoms with van der Waals surface area (Å²) in [7, 11) is -23.5. The Balaban J connectivity index is 0.000000757. The van der Waals surface area contributed by atoms with Crippen LogP contribution in [0.1, 0.15) is 5.56 Å². The number of alkyl halides is 9. The number of halogens is 9. The molecule has 0 bridgehead atoms. The molecule has 0 radical (unpaired) electrons. The Hall–Kier alpha value is -1.47. The molecule has 0 saturated heterocycles. The highest BCUT2D eigenvalue weighted by molar-refractivity contribution is 8.29. The van der Waals surface area contributed by atoms with Crippen LogP contribution in [0.15, 0.2) is 36.4 Å². The van der Waals surface area contributed by atoms with E-state index in [-0.39, 0.29) is 0 Å². The first kappa shape index (κ1) is 32.5. The van der Waals surface area contributed by atoms with Gasteiger partial charge in [0.1, 0.15) is 5.75 Å². The van der Waals surface area contributed by atoms with Crippen molar-refractivity contribution in [3.8, 4) is 0 Å². The molecule has 1 rings (SSSR count). The van der Waals surface area contributed by atoms with E-state index in [9.17, 15) is 64.8 Å². The first-order valence-corrected chi connectivity index (χ1v) is 14.6. The van der Waals surface area contributed by atoms with Crippen LogP contribution in [0.4, 0.5) is 39.5 Å². The summed E-state index contributed by atoms with van der Waals surface area (Å²) < 4.78 is 167. The van der Waals surface area contributed by atoms with E-state index < -0.39 is 50.0 Å². The molecule has 198 valence electrons. The fourth-order valence-electron chi connectivity index (χ4n) is 1.66. The summed E-state index contributed by atoms with van der Waals surface area (Å²) in [6, 6.07) is 10.4. The summed E-state index contributed by atoms with van der Waals surface area (Å²) in [5, 5.41) is 0. The van der Waals surface area contributed by atoms with Crippen molar-refractivity contribution in [2.75, 3.05) is 18.3 Å². The van der Waals surface area contributed by atoms with Gasteiger partial charge in [0.2, 0.25) is 0 Å². The monoisotopic (exact) mass is 590 g/mol. The molecule has 0 aromatic heterocycles. The lowest BCUT2D eigenvalue weighted by Crippen LogP contribution is -2.47. The van der Waals surface area contributed by atoms with Crippen molar-refractivity contribution in [1.82, 2.24) is 0 Å². The Morgan fingerprint density at radius 3 is 1.29 bits per heavy atom. The third-order valence-electron chi connectivity index (χ3n) is 3.11. The summed E-state index contributed by atoms with van der Waals surface area (Å²) in [5.74, 6) is 1.19. The van der Waals surface area contributed by atoms with Gasteiger partial charge in [-0.1, -0.05) is 36.4 Å². The van der Waals surface area contributed by atoms with Crippen LogP contribution in [-0.4, -0.2) is 60.0 Å². The first-order valence-electron chi connectivity index (χ1n) is 7.97. The quantitative estimate of drug-likeness (QED) is 0.284. The van der Waals surface area contributed by atoms with Crippen LogP contribution in [-0.2, 0) is 40.4 Å². The van der Waals surface area contributed by atoms with Crippen LogP contribution in [0.5, 0.6) is 0 Å². The molecule has 0 atom stereocenters. The third kappa shape index (κ3) is 8.04. The van der Waals surface area contributed by atoms with Crippen molar-refractivity contribution in [2.45, 2.75) is 16.5 Å². The molecule has 0 fully saturated rings. The molecular formula is C15H15F9O6S4. The summed E-state index contributed by atoms with van der Waals surface area (Å²) in [6.45, 7) is 0. The van der Waals surface area contributed by atoms with Crippen LogP contribution >= 0.6 is 0 Å². The van der Waals surface area contributed by atoms with Gasteiger partial charge in [-0.3, -0.25) is 25.3 Å². The largest absolute Gasteiger partial charge is 0.470 e. The fraction of sp³-hybridized carbons (Fsp3) is 0.400. The average Bonchev–Trinajstić information content (AvgIpc) is 2.59. The third-order valence-corrected chi connectivity index (χ3v) is 11.1. The Kier molecular flexibility index (Phi) is 10.6. The Labute approximate surface area is 191 Å². The van der Waals surface area contributed by atoms with Crippen molar-refractivity contribution in [3.63, 3.8) is 0 Å². The average molecular weight is 591 g/mol. The van der Waals surface area contributed by atoms with Gasteiger partial charge in [0, 0.05) is 0 Å². The minimum Gasteiger partial charge on any atom is -0.251 e. The summed E-state index contributed by atoms with van der Waals surface area (Å²) in [5.41, 5.74) is -19.9. The molecule has 1 aromatic rings. The van der Waals surface area contributed by atoms with Crippen molar-refractivity contribution in [1.29, 1.82) is 0 Å². The Bertz CT molecular complexity index is 1040. The summed E-state index contributed by atoms with van der Waals surface area (Å²) in [6.07, 6.45) is 8.95.